The third kappa shape index (κ3) is 4.15. The molecule has 0 saturated heterocycles. The molecule has 0 fully saturated rings. The lowest BCUT2D eigenvalue weighted by atomic mass is 10.2. The third-order valence-corrected chi connectivity index (χ3v) is 3.56. The van der Waals surface area contributed by atoms with Gasteiger partial charge in [0.2, 0.25) is 0 Å². The van der Waals surface area contributed by atoms with Crippen molar-refractivity contribution in [2.45, 2.75) is 6.42 Å². The highest BCUT2D eigenvalue weighted by molar-refractivity contribution is 14.1. The van der Waals surface area contributed by atoms with E-state index in [4.69, 9.17) is 0 Å². The van der Waals surface area contributed by atoms with E-state index in [-0.39, 0.29) is 30.1 Å². The van der Waals surface area contributed by atoms with Crippen molar-refractivity contribution in [3.8, 4) is 0 Å². The molecule has 0 saturated carbocycles. The minimum absolute atomic E-state index is 0.0737. The van der Waals surface area contributed by atoms with Crippen molar-refractivity contribution in [3.63, 3.8) is 0 Å². The summed E-state index contributed by atoms with van der Waals surface area (Å²) in [4.78, 5) is 34.7. The second-order valence-electron chi connectivity index (χ2n) is 3.97. The van der Waals surface area contributed by atoms with Crippen molar-refractivity contribution in [1.29, 1.82) is 0 Å². The highest BCUT2D eigenvalue weighted by Gasteiger charge is 2.19. The number of ether oxygens (including phenoxy) is 1. The Kier molecular flexibility index (Phi) is 5.86. The van der Waals surface area contributed by atoms with Gasteiger partial charge in [0, 0.05) is 29.3 Å². The van der Waals surface area contributed by atoms with Crippen LogP contribution in [0.5, 0.6) is 0 Å². The van der Waals surface area contributed by atoms with Gasteiger partial charge in [-0.05, 0) is 28.7 Å². The van der Waals surface area contributed by atoms with Crippen molar-refractivity contribution in [2.75, 3.05) is 20.7 Å². The molecule has 0 heterocycles. The molecule has 7 nitrogen and oxygen atoms in total. The first kappa shape index (κ1) is 16.3. The maximum absolute atomic E-state index is 12.2. The Balaban J connectivity index is 2.88. The third-order valence-electron chi connectivity index (χ3n) is 2.62. The predicted molar refractivity (Wildman–Crippen MR) is 79.4 cm³/mol. The summed E-state index contributed by atoms with van der Waals surface area (Å²) < 4.78 is 5.11. The summed E-state index contributed by atoms with van der Waals surface area (Å²) in [5, 5.41) is 10.7. The number of methoxy groups -OCH3 is 1. The smallest absolute Gasteiger partial charge is 0.307 e. The summed E-state index contributed by atoms with van der Waals surface area (Å²) in [7, 11) is 2.80. The van der Waals surface area contributed by atoms with Crippen LogP contribution in [0.1, 0.15) is 16.8 Å². The van der Waals surface area contributed by atoms with Crippen molar-refractivity contribution in [3.05, 3.63) is 37.4 Å². The standard InChI is InChI=1S/C12H13IN2O5/c1-14(6-5-11(16)20-2)12(17)9-7-8(15(18)19)3-4-10(9)13/h3-4,7H,5-6H2,1-2H3. The first-order valence-electron chi connectivity index (χ1n) is 5.63. The molecule has 1 aromatic rings. The average molecular weight is 392 g/mol. The summed E-state index contributed by atoms with van der Waals surface area (Å²) in [6, 6.07) is 4.09. The lowest BCUT2D eigenvalue weighted by Gasteiger charge is -2.17. The Morgan fingerprint density at radius 2 is 2.10 bits per heavy atom. The Bertz CT molecular complexity index is 547. The summed E-state index contributed by atoms with van der Waals surface area (Å²) in [6.45, 7) is 0.185. The van der Waals surface area contributed by atoms with Crippen molar-refractivity contribution < 1.29 is 19.2 Å². The molecule has 0 spiro atoms. The second-order valence-corrected chi connectivity index (χ2v) is 5.14. The molecule has 108 valence electrons. The molecule has 0 atom stereocenters. The number of carbonyl (C=O) groups excluding carboxylic acids is 2. The van der Waals surface area contributed by atoms with Gasteiger partial charge in [-0.15, -0.1) is 0 Å². The molecule has 0 N–H and O–H groups in total. The largest absolute Gasteiger partial charge is 0.469 e. The summed E-state index contributed by atoms with van der Waals surface area (Å²) >= 11 is 1.94. The van der Waals surface area contributed by atoms with E-state index in [1.807, 2.05) is 22.6 Å². The Morgan fingerprint density at radius 1 is 1.45 bits per heavy atom. The molecule has 0 aromatic heterocycles. The van der Waals surface area contributed by atoms with E-state index < -0.39 is 10.9 Å². The topological polar surface area (TPSA) is 89.8 Å². The van der Waals surface area contributed by atoms with Gasteiger partial charge in [0.15, 0.2) is 0 Å². The van der Waals surface area contributed by atoms with E-state index in [0.29, 0.717) is 3.57 Å². The van der Waals surface area contributed by atoms with E-state index in [1.54, 1.807) is 0 Å². The van der Waals surface area contributed by atoms with E-state index >= 15 is 0 Å². The van der Waals surface area contributed by atoms with Gasteiger partial charge in [0.05, 0.1) is 24.0 Å². The maximum Gasteiger partial charge on any atom is 0.307 e. The fourth-order valence-corrected chi connectivity index (χ4v) is 2.03. The molecule has 0 aliphatic carbocycles. The van der Waals surface area contributed by atoms with Crippen molar-refractivity contribution in [1.82, 2.24) is 4.90 Å². The molecule has 0 aliphatic rings. The fourth-order valence-electron chi connectivity index (χ4n) is 1.46. The van der Waals surface area contributed by atoms with Gasteiger partial charge >= 0.3 is 5.97 Å². The number of nitrogens with zero attached hydrogens (tertiary/aromatic N) is 2. The normalized spacial score (nSPS) is 9.95. The van der Waals surface area contributed by atoms with Gasteiger partial charge in [-0.1, -0.05) is 0 Å². The van der Waals surface area contributed by atoms with Crippen LogP contribution in [-0.4, -0.2) is 42.4 Å². The minimum Gasteiger partial charge on any atom is -0.469 e. The van der Waals surface area contributed by atoms with Gasteiger partial charge in [0.1, 0.15) is 0 Å². The SMILES string of the molecule is COC(=O)CCN(C)C(=O)c1cc([N+](=O)[O-])ccc1I. The van der Waals surface area contributed by atoms with Crippen molar-refractivity contribution in [2.24, 2.45) is 0 Å². The highest BCUT2D eigenvalue weighted by Crippen LogP contribution is 2.20. The first-order valence-corrected chi connectivity index (χ1v) is 6.71. The van der Waals surface area contributed by atoms with E-state index in [0.717, 1.165) is 0 Å². The van der Waals surface area contributed by atoms with E-state index in [2.05, 4.69) is 4.74 Å². The lowest BCUT2D eigenvalue weighted by molar-refractivity contribution is -0.384. The Labute approximate surface area is 129 Å². The Morgan fingerprint density at radius 3 is 2.65 bits per heavy atom. The summed E-state index contributed by atoms with van der Waals surface area (Å²) in [6.07, 6.45) is 0.0737. The number of carbonyl (C=O) groups is 2. The molecule has 1 amide bonds. The van der Waals surface area contributed by atoms with Crippen LogP contribution in [0.25, 0.3) is 0 Å². The molecule has 0 radical (unpaired) electrons. The second kappa shape index (κ2) is 7.17. The van der Waals surface area contributed by atoms with Crippen LogP contribution < -0.4 is 0 Å². The number of hydrogen-bond donors (Lipinski definition) is 0. The van der Waals surface area contributed by atoms with Crippen LogP contribution in [0.2, 0.25) is 0 Å². The van der Waals surface area contributed by atoms with Gasteiger partial charge in [0.25, 0.3) is 11.6 Å². The number of hydrogen-bond acceptors (Lipinski definition) is 5. The number of benzene rings is 1. The molecule has 0 bridgehead atoms. The maximum atomic E-state index is 12.2. The van der Waals surface area contributed by atoms with Crippen LogP contribution in [0.3, 0.4) is 0 Å². The predicted octanol–water partition coefficient (Wildman–Crippen LogP) is 1.83. The molecule has 1 rings (SSSR count). The average Bonchev–Trinajstić information content (AvgIpc) is 2.43. The van der Waals surface area contributed by atoms with Gasteiger partial charge in [-0.2, -0.15) is 0 Å². The van der Waals surface area contributed by atoms with E-state index in [1.165, 1.54) is 37.3 Å². The number of nitro groups is 1. The number of esters is 1. The molecular formula is C12H13IN2O5. The molecule has 0 aliphatic heterocycles. The monoisotopic (exact) mass is 392 g/mol. The van der Waals surface area contributed by atoms with Crippen molar-refractivity contribution >= 4 is 40.2 Å². The number of halogens is 1. The van der Waals surface area contributed by atoms with Gasteiger partial charge in [-0.3, -0.25) is 19.7 Å². The zero-order chi connectivity index (χ0) is 15.3. The number of amides is 1. The van der Waals surface area contributed by atoms with E-state index in [9.17, 15) is 19.7 Å². The molecule has 20 heavy (non-hydrogen) atoms. The number of rotatable bonds is 5. The number of nitro benzene ring substituents is 1. The zero-order valence-corrected chi connectivity index (χ0v) is 13.1. The lowest BCUT2D eigenvalue weighted by Crippen LogP contribution is -2.29. The van der Waals surface area contributed by atoms with Crippen LogP contribution >= 0.6 is 22.6 Å². The summed E-state index contributed by atoms with van der Waals surface area (Å²) in [5.41, 5.74) is 0.0994. The minimum atomic E-state index is -0.554. The molecule has 1 aromatic carbocycles. The molecule has 8 heteroatoms. The molecule has 0 unspecified atom stereocenters. The van der Waals surface area contributed by atoms with Crippen LogP contribution in [0.4, 0.5) is 5.69 Å². The summed E-state index contributed by atoms with van der Waals surface area (Å²) in [5.74, 6) is -0.791. The van der Waals surface area contributed by atoms with Crippen LogP contribution in [0, 0.1) is 13.7 Å². The zero-order valence-electron chi connectivity index (χ0n) is 11.0. The number of non-ortho nitro benzene ring substituents is 1. The quantitative estimate of drug-likeness (QED) is 0.330. The first-order chi connectivity index (χ1) is 9.36. The van der Waals surface area contributed by atoms with Crippen LogP contribution in [-0.2, 0) is 9.53 Å². The fraction of sp³-hybridized carbons (Fsp3) is 0.333. The van der Waals surface area contributed by atoms with Gasteiger partial charge < -0.3 is 9.64 Å². The van der Waals surface area contributed by atoms with Gasteiger partial charge in [-0.25, -0.2) is 0 Å². The molecular weight excluding hydrogens is 379 g/mol. The Hall–Kier alpha value is -1.71. The highest BCUT2D eigenvalue weighted by atomic mass is 127. The van der Waals surface area contributed by atoms with Crippen LogP contribution in [0.15, 0.2) is 18.2 Å².